The zero-order valence-electron chi connectivity index (χ0n) is 13.1. The van der Waals surface area contributed by atoms with Gasteiger partial charge in [0, 0.05) is 11.5 Å². The van der Waals surface area contributed by atoms with Crippen LogP contribution in [0, 0.1) is 13.8 Å². The second-order valence-corrected chi connectivity index (χ2v) is 6.62. The highest BCUT2D eigenvalue weighted by atomic mass is 14.7. The molecule has 0 saturated heterocycles. The maximum Gasteiger partial charge on any atom is 0.0177 e. The van der Waals surface area contributed by atoms with Crippen molar-refractivity contribution in [1.82, 2.24) is 0 Å². The molecule has 2 aromatic rings. The van der Waals surface area contributed by atoms with Gasteiger partial charge in [0.15, 0.2) is 0 Å². The van der Waals surface area contributed by atoms with Gasteiger partial charge in [-0.3, -0.25) is 0 Å². The molecule has 0 radical (unpaired) electrons. The first kappa shape index (κ1) is 14.3. The number of benzene rings is 2. The normalized spacial score (nSPS) is 18.0. The molecule has 0 heterocycles. The van der Waals surface area contributed by atoms with E-state index in [-0.39, 0.29) is 11.5 Å². The summed E-state index contributed by atoms with van der Waals surface area (Å²) in [6.07, 6.45) is 4.73. The van der Waals surface area contributed by atoms with Crippen LogP contribution in [-0.4, -0.2) is 6.04 Å². The van der Waals surface area contributed by atoms with Crippen molar-refractivity contribution in [3.8, 4) is 0 Å². The minimum atomic E-state index is 0.192. The van der Waals surface area contributed by atoms with Crippen molar-refractivity contribution >= 4 is 0 Å². The van der Waals surface area contributed by atoms with Gasteiger partial charge in [-0.2, -0.15) is 0 Å². The molecule has 0 amide bonds. The van der Waals surface area contributed by atoms with Crippen LogP contribution in [0.3, 0.4) is 0 Å². The lowest BCUT2D eigenvalue weighted by atomic mass is 9.59. The van der Waals surface area contributed by atoms with Gasteiger partial charge in [-0.25, -0.2) is 0 Å². The Morgan fingerprint density at radius 2 is 1.76 bits per heavy atom. The lowest BCUT2D eigenvalue weighted by Gasteiger charge is -2.47. The summed E-state index contributed by atoms with van der Waals surface area (Å²) in [6, 6.07) is 17.8. The highest BCUT2D eigenvalue weighted by molar-refractivity contribution is 5.35. The van der Waals surface area contributed by atoms with Gasteiger partial charge in [0.2, 0.25) is 0 Å². The fourth-order valence-corrected chi connectivity index (χ4v) is 3.65. The summed E-state index contributed by atoms with van der Waals surface area (Å²) in [5.74, 6) is 0. The van der Waals surface area contributed by atoms with E-state index in [1.54, 1.807) is 0 Å². The molecule has 1 heteroatoms. The summed E-state index contributed by atoms with van der Waals surface area (Å²) in [5, 5.41) is 0. The highest BCUT2D eigenvalue weighted by Gasteiger charge is 2.43. The molecule has 1 aliphatic rings. The molecule has 2 aromatic carbocycles. The standard InChI is InChI=1S/C20H25N/c1-15-9-10-16(2)17(13-15)14-19(21)20(11-6-12-20)18-7-4-3-5-8-18/h3-5,7-10,13,19H,6,11-12,14,21H2,1-2H3. The van der Waals surface area contributed by atoms with Crippen LogP contribution in [0.2, 0.25) is 0 Å². The third-order valence-electron chi connectivity index (χ3n) is 5.25. The second kappa shape index (κ2) is 5.65. The van der Waals surface area contributed by atoms with Crippen LogP contribution in [-0.2, 0) is 11.8 Å². The molecule has 1 atom stereocenters. The molecule has 21 heavy (non-hydrogen) atoms. The lowest BCUT2D eigenvalue weighted by Crippen LogP contribution is -2.51. The molecule has 110 valence electrons. The first-order valence-electron chi connectivity index (χ1n) is 7.99. The number of hydrogen-bond donors (Lipinski definition) is 1. The topological polar surface area (TPSA) is 26.0 Å². The van der Waals surface area contributed by atoms with Crippen LogP contribution in [0.1, 0.15) is 41.5 Å². The third kappa shape index (κ3) is 2.63. The van der Waals surface area contributed by atoms with Gasteiger partial charge in [0.25, 0.3) is 0 Å². The Hall–Kier alpha value is -1.60. The molecule has 0 bridgehead atoms. The van der Waals surface area contributed by atoms with Crippen molar-refractivity contribution in [2.24, 2.45) is 5.73 Å². The smallest absolute Gasteiger partial charge is 0.0177 e. The number of rotatable bonds is 4. The van der Waals surface area contributed by atoms with Crippen molar-refractivity contribution < 1.29 is 0 Å². The first-order chi connectivity index (χ1) is 10.1. The van der Waals surface area contributed by atoms with Crippen LogP contribution < -0.4 is 5.73 Å². The molecule has 0 spiro atoms. The van der Waals surface area contributed by atoms with E-state index in [4.69, 9.17) is 5.73 Å². The molecule has 3 rings (SSSR count). The van der Waals surface area contributed by atoms with Crippen LogP contribution in [0.4, 0.5) is 0 Å². The van der Waals surface area contributed by atoms with E-state index < -0.39 is 0 Å². The van der Waals surface area contributed by atoms with Gasteiger partial charge in [-0.1, -0.05) is 60.5 Å². The lowest BCUT2D eigenvalue weighted by molar-refractivity contribution is 0.194. The second-order valence-electron chi connectivity index (χ2n) is 6.62. The predicted molar refractivity (Wildman–Crippen MR) is 89.6 cm³/mol. The summed E-state index contributed by atoms with van der Waals surface area (Å²) in [4.78, 5) is 0. The zero-order valence-corrected chi connectivity index (χ0v) is 13.1. The fraction of sp³-hybridized carbons (Fsp3) is 0.400. The molecule has 1 fully saturated rings. The monoisotopic (exact) mass is 279 g/mol. The van der Waals surface area contributed by atoms with E-state index in [0.29, 0.717) is 0 Å². The number of nitrogens with two attached hydrogens (primary N) is 1. The molecular weight excluding hydrogens is 254 g/mol. The van der Waals surface area contributed by atoms with Gasteiger partial charge in [-0.05, 0) is 49.8 Å². The first-order valence-corrected chi connectivity index (χ1v) is 7.99. The van der Waals surface area contributed by atoms with E-state index >= 15 is 0 Å². The summed E-state index contributed by atoms with van der Waals surface area (Å²) in [7, 11) is 0. The largest absolute Gasteiger partial charge is 0.327 e. The van der Waals surface area contributed by atoms with E-state index in [1.807, 2.05) is 0 Å². The SMILES string of the molecule is Cc1ccc(C)c(CC(N)C2(c3ccccc3)CCC2)c1. The van der Waals surface area contributed by atoms with E-state index in [1.165, 1.54) is 41.5 Å². The number of hydrogen-bond acceptors (Lipinski definition) is 1. The maximum atomic E-state index is 6.70. The van der Waals surface area contributed by atoms with Gasteiger partial charge in [0.1, 0.15) is 0 Å². The Morgan fingerprint density at radius 3 is 2.38 bits per heavy atom. The van der Waals surface area contributed by atoms with Crippen LogP contribution in [0.15, 0.2) is 48.5 Å². The molecular formula is C20H25N. The van der Waals surface area contributed by atoms with Gasteiger partial charge >= 0.3 is 0 Å². The molecule has 1 nitrogen and oxygen atoms in total. The summed E-state index contributed by atoms with van der Waals surface area (Å²) < 4.78 is 0. The van der Waals surface area contributed by atoms with Crippen LogP contribution in [0.5, 0.6) is 0 Å². The van der Waals surface area contributed by atoms with Crippen LogP contribution in [0.25, 0.3) is 0 Å². The predicted octanol–water partition coefficient (Wildman–Crippen LogP) is 4.30. The van der Waals surface area contributed by atoms with Crippen molar-refractivity contribution in [2.45, 2.75) is 51.0 Å². The average molecular weight is 279 g/mol. The van der Waals surface area contributed by atoms with Gasteiger partial charge in [-0.15, -0.1) is 0 Å². The quantitative estimate of drug-likeness (QED) is 0.887. The average Bonchev–Trinajstić information content (AvgIpc) is 2.43. The maximum absolute atomic E-state index is 6.70. The van der Waals surface area contributed by atoms with Crippen molar-refractivity contribution in [2.75, 3.05) is 0 Å². The van der Waals surface area contributed by atoms with Gasteiger partial charge in [0.05, 0.1) is 0 Å². The Morgan fingerprint density at radius 1 is 1.05 bits per heavy atom. The molecule has 2 N–H and O–H groups in total. The molecule has 0 aromatic heterocycles. The third-order valence-corrected chi connectivity index (χ3v) is 5.25. The van der Waals surface area contributed by atoms with Crippen LogP contribution >= 0.6 is 0 Å². The molecule has 1 unspecified atom stereocenters. The van der Waals surface area contributed by atoms with Crippen molar-refractivity contribution in [3.63, 3.8) is 0 Å². The molecule has 1 aliphatic carbocycles. The highest BCUT2D eigenvalue weighted by Crippen LogP contribution is 2.46. The molecule has 0 aliphatic heterocycles. The summed E-state index contributed by atoms with van der Waals surface area (Å²) in [5.41, 5.74) is 12.4. The van der Waals surface area contributed by atoms with E-state index in [0.717, 1.165) is 6.42 Å². The zero-order chi connectivity index (χ0) is 14.9. The van der Waals surface area contributed by atoms with Crippen molar-refractivity contribution in [1.29, 1.82) is 0 Å². The Labute approximate surface area is 128 Å². The summed E-state index contributed by atoms with van der Waals surface area (Å²) in [6.45, 7) is 4.35. The number of aryl methyl sites for hydroxylation is 2. The minimum absolute atomic E-state index is 0.192. The van der Waals surface area contributed by atoms with Crippen molar-refractivity contribution in [3.05, 3.63) is 70.8 Å². The van der Waals surface area contributed by atoms with E-state index in [9.17, 15) is 0 Å². The Balaban J connectivity index is 1.87. The van der Waals surface area contributed by atoms with E-state index in [2.05, 4.69) is 62.4 Å². The Kier molecular flexibility index (Phi) is 3.86. The van der Waals surface area contributed by atoms with Gasteiger partial charge < -0.3 is 5.73 Å². The minimum Gasteiger partial charge on any atom is -0.327 e. The molecule has 1 saturated carbocycles. The fourth-order valence-electron chi connectivity index (χ4n) is 3.65. The summed E-state index contributed by atoms with van der Waals surface area (Å²) >= 11 is 0. The Bertz CT molecular complexity index is 611.